The largest absolute Gasteiger partial charge is 0.475 e. The predicted octanol–water partition coefficient (Wildman–Crippen LogP) is 2.18. The molecule has 114 valence electrons. The van der Waals surface area contributed by atoms with E-state index in [4.69, 9.17) is 4.74 Å². The van der Waals surface area contributed by atoms with Crippen LogP contribution in [0.2, 0.25) is 0 Å². The van der Waals surface area contributed by atoms with Gasteiger partial charge < -0.3 is 14.7 Å². The number of rotatable bonds is 7. The summed E-state index contributed by atoms with van der Waals surface area (Å²) in [6, 6.07) is 1.70. The van der Waals surface area contributed by atoms with E-state index in [1.807, 2.05) is 18.7 Å². The Bertz CT molecular complexity index is 409. The Morgan fingerprint density at radius 2 is 2.00 bits per heavy atom. The van der Waals surface area contributed by atoms with E-state index < -0.39 is 17.8 Å². The van der Waals surface area contributed by atoms with Crippen LogP contribution in [-0.2, 0) is 6.18 Å². The fourth-order valence-corrected chi connectivity index (χ4v) is 1.68. The summed E-state index contributed by atoms with van der Waals surface area (Å²) < 4.78 is 42.6. The SMILES string of the molecule is CCN(CC)C[C@H](O)COc1cc(C(F)(F)F)ccn1. The highest BCUT2D eigenvalue weighted by Gasteiger charge is 2.31. The average molecular weight is 292 g/mol. The molecule has 1 heterocycles. The Kier molecular flexibility index (Phi) is 6.22. The van der Waals surface area contributed by atoms with Crippen molar-refractivity contribution in [2.45, 2.75) is 26.1 Å². The van der Waals surface area contributed by atoms with Gasteiger partial charge in [0.15, 0.2) is 0 Å². The zero-order valence-electron chi connectivity index (χ0n) is 11.5. The van der Waals surface area contributed by atoms with Crippen molar-refractivity contribution in [3.8, 4) is 5.88 Å². The fraction of sp³-hybridized carbons (Fsp3) is 0.615. The van der Waals surface area contributed by atoms with E-state index in [0.29, 0.717) is 6.54 Å². The van der Waals surface area contributed by atoms with Crippen molar-refractivity contribution >= 4 is 0 Å². The van der Waals surface area contributed by atoms with E-state index in [9.17, 15) is 18.3 Å². The van der Waals surface area contributed by atoms with Crippen molar-refractivity contribution < 1.29 is 23.0 Å². The number of aliphatic hydroxyl groups excluding tert-OH is 1. The Morgan fingerprint density at radius 1 is 1.35 bits per heavy atom. The number of halogens is 3. The number of alkyl halides is 3. The molecular weight excluding hydrogens is 273 g/mol. The molecule has 0 saturated heterocycles. The first-order valence-corrected chi connectivity index (χ1v) is 6.43. The maximum atomic E-state index is 12.5. The third-order valence-electron chi connectivity index (χ3n) is 2.85. The van der Waals surface area contributed by atoms with Crippen LogP contribution < -0.4 is 4.74 Å². The van der Waals surface area contributed by atoms with Crippen LogP contribution in [0.3, 0.4) is 0 Å². The van der Waals surface area contributed by atoms with Gasteiger partial charge in [-0.15, -0.1) is 0 Å². The van der Waals surface area contributed by atoms with Crippen LogP contribution in [0, 0.1) is 0 Å². The number of hydrogen-bond acceptors (Lipinski definition) is 4. The van der Waals surface area contributed by atoms with Gasteiger partial charge in [0.2, 0.25) is 5.88 Å². The second-order valence-electron chi connectivity index (χ2n) is 4.33. The van der Waals surface area contributed by atoms with E-state index in [1.54, 1.807) is 0 Å². The fourth-order valence-electron chi connectivity index (χ4n) is 1.68. The van der Waals surface area contributed by atoms with Gasteiger partial charge in [0.05, 0.1) is 5.56 Å². The second kappa shape index (κ2) is 7.44. The first kappa shape index (κ1) is 16.7. The average Bonchev–Trinajstić information content (AvgIpc) is 2.42. The molecule has 20 heavy (non-hydrogen) atoms. The summed E-state index contributed by atoms with van der Waals surface area (Å²) in [5.74, 6) is -0.140. The summed E-state index contributed by atoms with van der Waals surface area (Å²) >= 11 is 0. The van der Waals surface area contributed by atoms with Crippen molar-refractivity contribution in [1.82, 2.24) is 9.88 Å². The van der Waals surface area contributed by atoms with Crippen LogP contribution in [0.5, 0.6) is 5.88 Å². The molecule has 4 nitrogen and oxygen atoms in total. The lowest BCUT2D eigenvalue weighted by Crippen LogP contribution is -2.35. The lowest BCUT2D eigenvalue weighted by Gasteiger charge is -2.21. The van der Waals surface area contributed by atoms with Crippen molar-refractivity contribution in [3.05, 3.63) is 23.9 Å². The van der Waals surface area contributed by atoms with Crippen LogP contribution in [-0.4, -0.2) is 47.3 Å². The highest BCUT2D eigenvalue weighted by molar-refractivity contribution is 5.22. The minimum Gasteiger partial charge on any atom is -0.475 e. The van der Waals surface area contributed by atoms with E-state index in [-0.39, 0.29) is 12.5 Å². The molecule has 7 heteroatoms. The number of nitrogens with zero attached hydrogens (tertiary/aromatic N) is 2. The Labute approximate surface area is 116 Å². The molecule has 0 saturated carbocycles. The third kappa shape index (κ3) is 5.34. The molecule has 0 aliphatic rings. The van der Waals surface area contributed by atoms with Gasteiger partial charge in [-0.3, -0.25) is 0 Å². The molecule has 0 fully saturated rings. The molecule has 0 aliphatic carbocycles. The summed E-state index contributed by atoms with van der Waals surface area (Å²) in [7, 11) is 0. The molecular formula is C13H19F3N2O2. The van der Waals surface area contributed by atoms with Crippen molar-refractivity contribution in [2.24, 2.45) is 0 Å². The van der Waals surface area contributed by atoms with Crippen molar-refractivity contribution in [1.29, 1.82) is 0 Å². The zero-order chi connectivity index (χ0) is 15.2. The van der Waals surface area contributed by atoms with Crippen molar-refractivity contribution in [3.63, 3.8) is 0 Å². The number of hydrogen-bond donors (Lipinski definition) is 1. The molecule has 1 aromatic rings. The number of aromatic nitrogens is 1. The molecule has 0 amide bonds. The van der Waals surface area contributed by atoms with Gasteiger partial charge in [-0.05, 0) is 19.2 Å². The minimum atomic E-state index is -4.43. The lowest BCUT2D eigenvalue weighted by molar-refractivity contribution is -0.137. The van der Waals surface area contributed by atoms with Gasteiger partial charge in [-0.25, -0.2) is 4.98 Å². The Balaban J connectivity index is 2.53. The monoisotopic (exact) mass is 292 g/mol. The maximum absolute atomic E-state index is 12.5. The minimum absolute atomic E-state index is 0.0924. The molecule has 0 aliphatic heterocycles. The summed E-state index contributed by atoms with van der Waals surface area (Å²) in [4.78, 5) is 5.69. The number of aliphatic hydroxyl groups is 1. The van der Waals surface area contributed by atoms with Gasteiger partial charge in [-0.1, -0.05) is 13.8 Å². The van der Waals surface area contributed by atoms with Crippen LogP contribution in [0.1, 0.15) is 19.4 Å². The van der Waals surface area contributed by atoms with Crippen molar-refractivity contribution in [2.75, 3.05) is 26.2 Å². The smallest absolute Gasteiger partial charge is 0.416 e. The normalized spacial score (nSPS) is 13.6. The molecule has 1 N–H and O–H groups in total. The number of pyridine rings is 1. The number of likely N-dealkylation sites (N-methyl/N-ethyl adjacent to an activating group) is 1. The van der Waals surface area contributed by atoms with E-state index in [0.717, 1.165) is 31.4 Å². The van der Waals surface area contributed by atoms with E-state index in [1.165, 1.54) is 0 Å². The highest BCUT2D eigenvalue weighted by Crippen LogP contribution is 2.30. The van der Waals surface area contributed by atoms with E-state index in [2.05, 4.69) is 4.98 Å². The number of ether oxygens (including phenoxy) is 1. The zero-order valence-corrected chi connectivity index (χ0v) is 11.5. The Hall–Kier alpha value is -1.34. The standard InChI is InChI=1S/C13H19F3N2O2/c1-3-18(4-2)8-11(19)9-20-12-7-10(5-6-17-12)13(14,15)16/h5-7,11,19H,3-4,8-9H2,1-2H3/t11-/m0/s1. The van der Waals surface area contributed by atoms with Gasteiger partial charge in [0.1, 0.15) is 12.7 Å². The summed E-state index contributed by atoms with van der Waals surface area (Å²) in [6.45, 7) is 5.82. The molecule has 1 aromatic heterocycles. The molecule has 1 atom stereocenters. The van der Waals surface area contributed by atoms with E-state index >= 15 is 0 Å². The third-order valence-corrected chi connectivity index (χ3v) is 2.85. The highest BCUT2D eigenvalue weighted by atomic mass is 19.4. The van der Waals surface area contributed by atoms with Gasteiger partial charge in [-0.2, -0.15) is 13.2 Å². The quantitative estimate of drug-likeness (QED) is 0.836. The molecule has 0 radical (unpaired) electrons. The summed E-state index contributed by atoms with van der Waals surface area (Å²) in [5, 5.41) is 9.76. The second-order valence-corrected chi connectivity index (χ2v) is 4.33. The van der Waals surface area contributed by atoms with Crippen LogP contribution in [0.25, 0.3) is 0 Å². The molecule has 1 rings (SSSR count). The first-order chi connectivity index (χ1) is 9.36. The molecule has 0 bridgehead atoms. The topological polar surface area (TPSA) is 45.6 Å². The predicted molar refractivity (Wildman–Crippen MR) is 68.5 cm³/mol. The van der Waals surface area contributed by atoms with Crippen LogP contribution >= 0.6 is 0 Å². The first-order valence-electron chi connectivity index (χ1n) is 6.43. The van der Waals surface area contributed by atoms with Gasteiger partial charge in [0, 0.05) is 18.8 Å². The molecule has 0 spiro atoms. The maximum Gasteiger partial charge on any atom is 0.416 e. The van der Waals surface area contributed by atoms with Gasteiger partial charge in [0.25, 0.3) is 0 Å². The summed E-state index contributed by atoms with van der Waals surface area (Å²) in [6.07, 6.45) is -4.17. The summed E-state index contributed by atoms with van der Waals surface area (Å²) in [5.41, 5.74) is -0.819. The van der Waals surface area contributed by atoms with Crippen LogP contribution in [0.15, 0.2) is 18.3 Å². The van der Waals surface area contributed by atoms with Crippen LogP contribution in [0.4, 0.5) is 13.2 Å². The Morgan fingerprint density at radius 3 is 2.55 bits per heavy atom. The molecule has 0 unspecified atom stereocenters. The van der Waals surface area contributed by atoms with Gasteiger partial charge >= 0.3 is 6.18 Å². The molecule has 0 aromatic carbocycles. The lowest BCUT2D eigenvalue weighted by atomic mass is 10.2.